The fourth-order valence-corrected chi connectivity index (χ4v) is 4.30. The first-order valence-electron chi connectivity index (χ1n) is 9.97. The first-order chi connectivity index (χ1) is 15.9. The minimum atomic E-state index is -3.59. The topological polar surface area (TPSA) is 138 Å². The molecular formula is C22H22N4O6S. The van der Waals surface area contributed by atoms with Crippen molar-refractivity contribution < 1.29 is 27.5 Å². The van der Waals surface area contributed by atoms with Crippen LogP contribution in [-0.4, -0.2) is 57.4 Å². The van der Waals surface area contributed by atoms with E-state index in [1.165, 1.54) is 28.6 Å². The minimum absolute atomic E-state index is 0.163. The second-order valence-corrected chi connectivity index (χ2v) is 8.79. The summed E-state index contributed by atoms with van der Waals surface area (Å²) in [6.45, 7) is 0.968. The van der Waals surface area contributed by atoms with Gasteiger partial charge in [-0.05, 0) is 35.9 Å². The Balaban J connectivity index is 1.47. The summed E-state index contributed by atoms with van der Waals surface area (Å²) in [4.78, 5) is 23.9. The molecule has 1 aliphatic heterocycles. The second kappa shape index (κ2) is 11.2. The third kappa shape index (κ3) is 6.63. The van der Waals surface area contributed by atoms with Crippen LogP contribution in [0.3, 0.4) is 0 Å². The summed E-state index contributed by atoms with van der Waals surface area (Å²) in [5, 5.41) is 9.00. The Morgan fingerprint density at radius 2 is 1.79 bits per heavy atom. The molecular weight excluding hydrogens is 448 g/mol. The summed E-state index contributed by atoms with van der Waals surface area (Å²) in [6, 6.07) is 14.5. The SMILES string of the molecule is N#Cc1ccccc1OCC(=O)NNC(=O)/C=C/c1ccc(S(=O)(=O)N2CCOCC2)cc1. The van der Waals surface area contributed by atoms with Crippen LogP contribution in [-0.2, 0) is 24.3 Å². The van der Waals surface area contributed by atoms with Gasteiger partial charge in [0.15, 0.2) is 6.61 Å². The Kier molecular flexibility index (Phi) is 8.15. The first kappa shape index (κ1) is 23.9. The van der Waals surface area contributed by atoms with Crippen LogP contribution < -0.4 is 15.6 Å². The maximum absolute atomic E-state index is 12.6. The van der Waals surface area contributed by atoms with E-state index in [1.807, 2.05) is 6.07 Å². The van der Waals surface area contributed by atoms with Gasteiger partial charge in [-0.3, -0.25) is 20.4 Å². The maximum Gasteiger partial charge on any atom is 0.276 e. The molecule has 1 aliphatic rings. The van der Waals surface area contributed by atoms with E-state index in [2.05, 4.69) is 10.9 Å². The van der Waals surface area contributed by atoms with Gasteiger partial charge < -0.3 is 9.47 Å². The number of ether oxygens (including phenoxy) is 2. The van der Waals surface area contributed by atoms with Gasteiger partial charge in [-0.2, -0.15) is 9.57 Å². The van der Waals surface area contributed by atoms with Crippen molar-refractivity contribution in [3.8, 4) is 11.8 Å². The van der Waals surface area contributed by atoms with Crippen molar-refractivity contribution >= 4 is 27.9 Å². The van der Waals surface area contributed by atoms with Crippen LogP contribution in [0.5, 0.6) is 5.75 Å². The highest BCUT2D eigenvalue weighted by Crippen LogP contribution is 2.18. The summed E-state index contributed by atoms with van der Waals surface area (Å²) in [7, 11) is -3.59. The van der Waals surface area contributed by atoms with Crippen molar-refractivity contribution in [3.05, 3.63) is 65.7 Å². The molecule has 0 aliphatic carbocycles. The van der Waals surface area contributed by atoms with Crippen LogP contribution in [0.4, 0.5) is 0 Å². The smallest absolute Gasteiger partial charge is 0.276 e. The van der Waals surface area contributed by atoms with Gasteiger partial charge in [0, 0.05) is 19.2 Å². The molecule has 2 aromatic rings. The molecule has 10 nitrogen and oxygen atoms in total. The van der Waals surface area contributed by atoms with Gasteiger partial charge in [-0.15, -0.1) is 0 Å². The molecule has 2 N–H and O–H groups in total. The van der Waals surface area contributed by atoms with Crippen LogP contribution in [0.2, 0.25) is 0 Å². The Hall–Kier alpha value is -3.72. The predicted octanol–water partition coefficient (Wildman–Crippen LogP) is 0.819. The normalized spacial score (nSPS) is 14.4. The Bertz CT molecular complexity index is 1170. The first-order valence-corrected chi connectivity index (χ1v) is 11.4. The number of carbonyl (C=O) groups excluding carboxylic acids is 2. The fourth-order valence-electron chi connectivity index (χ4n) is 2.90. The molecule has 1 saturated heterocycles. The number of hydrogen-bond acceptors (Lipinski definition) is 7. The van der Waals surface area contributed by atoms with Crippen molar-refractivity contribution in [2.24, 2.45) is 0 Å². The molecule has 33 heavy (non-hydrogen) atoms. The molecule has 172 valence electrons. The summed E-state index contributed by atoms with van der Waals surface area (Å²) >= 11 is 0. The Morgan fingerprint density at radius 3 is 2.48 bits per heavy atom. The van der Waals surface area contributed by atoms with E-state index >= 15 is 0 Å². The number of nitrogens with one attached hydrogen (secondary N) is 2. The number of morpholine rings is 1. The summed E-state index contributed by atoms with van der Waals surface area (Å²) in [5.74, 6) is -0.937. The zero-order valence-corrected chi connectivity index (χ0v) is 18.4. The van der Waals surface area contributed by atoms with Gasteiger partial charge in [-0.25, -0.2) is 8.42 Å². The largest absolute Gasteiger partial charge is 0.482 e. The molecule has 3 rings (SSSR count). The summed E-state index contributed by atoms with van der Waals surface area (Å²) in [5.41, 5.74) is 5.31. The monoisotopic (exact) mass is 470 g/mol. The molecule has 1 heterocycles. The minimum Gasteiger partial charge on any atom is -0.482 e. The number of para-hydroxylation sites is 1. The van der Waals surface area contributed by atoms with Crippen molar-refractivity contribution in [1.82, 2.24) is 15.2 Å². The van der Waals surface area contributed by atoms with Crippen molar-refractivity contribution in [1.29, 1.82) is 5.26 Å². The lowest BCUT2D eigenvalue weighted by molar-refractivity contribution is -0.128. The van der Waals surface area contributed by atoms with Crippen molar-refractivity contribution in [2.45, 2.75) is 4.90 Å². The van der Waals surface area contributed by atoms with E-state index in [9.17, 15) is 18.0 Å². The number of rotatable bonds is 7. The van der Waals surface area contributed by atoms with Gasteiger partial charge in [0.1, 0.15) is 11.8 Å². The van der Waals surface area contributed by atoms with E-state index < -0.39 is 21.8 Å². The number of amides is 2. The van der Waals surface area contributed by atoms with Gasteiger partial charge in [0.2, 0.25) is 10.0 Å². The molecule has 1 fully saturated rings. The highest BCUT2D eigenvalue weighted by molar-refractivity contribution is 7.89. The standard InChI is InChI=1S/C22H22N4O6S/c23-15-18-3-1-2-4-20(18)32-16-22(28)25-24-21(27)10-7-17-5-8-19(9-6-17)33(29,30)26-11-13-31-14-12-26/h1-10H,11-14,16H2,(H,24,27)(H,25,28)/b10-7+. The molecule has 0 spiro atoms. The van der Waals surface area contributed by atoms with E-state index in [0.29, 0.717) is 37.4 Å². The van der Waals surface area contributed by atoms with Crippen molar-refractivity contribution in [2.75, 3.05) is 32.9 Å². The maximum atomic E-state index is 12.6. The number of hydrazine groups is 1. The van der Waals surface area contributed by atoms with Gasteiger partial charge in [0.25, 0.3) is 11.8 Å². The fraction of sp³-hybridized carbons (Fsp3) is 0.227. The average molecular weight is 471 g/mol. The van der Waals surface area contributed by atoms with Crippen molar-refractivity contribution in [3.63, 3.8) is 0 Å². The van der Waals surface area contributed by atoms with Gasteiger partial charge in [0.05, 0.1) is 23.7 Å². The molecule has 2 amide bonds. The quantitative estimate of drug-likeness (QED) is 0.451. The number of nitrogens with zero attached hydrogens (tertiary/aromatic N) is 2. The number of carbonyl (C=O) groups is 2. The molecule has 0 aromatic heterocycles. The van der Waals surface area contributed by atoms with Crippen LogP contribution >= 0.6 is 0 Å². The van der Waals surface area contributed by atoms with Crippen LogP contribution in [0.25, 0.3) is 6.08 Å². The summed E-state index contributed by atoms with van der Waals surface area (Å²) < 4.78 is 37.1. The molecule has 0 saturated carbocycles. The highest BCUT2D eigenvalue weighted by Gasteiger charge is 2.25. The van der Waals surface area contributed by atoms with Crippen LogP contribution in [0.15, 0.2) is 59.5 Å². The number of sulfonamides is 1. The lowest BCUT2D eigenvalue weighted by Crippen LogP contribution is -2.43. The highest BCUT2D eigenvalue weighted by atomic mass is 32.2. The van der Waals surface area contributed by atoms with Gasteiger partial charge in [-0.1, -0.05) is 24.3 Å². The molecule has 11 heteroatoms. The zero-order valence-electron chi connectivity index (χ0n) is 17.6. The second-order valence-electron chi connectivity index (χ2n) is 6.85. The van der Waals surface area contributed by atoms with E-state index in [-0.39, 0.29) is 17.3 Å². The molecule has 0 unspecified atom stereocenters. The Morgan fingerprint density at radius 1 is 1.09 bits per heavy atom. The van der Waals surface area contributed by atoms with E-state index in [0.717, 1.165) is 0 Å². The van der Waals surface area contributed by atoms with Crippen LogP contribution in [0.1, 0.15) is 11.1 Å². The number of nitriles is 1. The van der Waals surface area contributed by atoms with E-state index in [1.54, 1.807) is 36.4 Å². The Labute approximate surface area is 191 Å². The molecule has 0 atom stereocenters. The molecule has 2 aromatic carbocycles. The zero-order chi connectivity index (χ0) is 23.7. The third-order valence-electron chi connectivity index (χ3n) is 4.61. The third-order valence-corrected chi connectivity index (χ3v) is 6.52. The molecule has 0 bridgehead atoms. The lowest BCUT2D eigenvalue weighted by Gasteiger charge is -2.26. The van der Waals surface area contributed by atoms with E-state index in [4.69, 9.17) is 14.7 Å². The molecule has 0 radical (unpaired) electrons. The number of hydrogen-bond donors (Lipinski definition) is 2. The van der Waals surface area contributed by atoms with Gasteiger partial charge >= 0.3 is 0 Å². The average Bonchev–Trinajstić information content (AvgIpc) is 2.85. The van der Waals surface area contributed by atoms with Crippen LogP contribution in [0, 0.1) is 11.3 Å². The predicted molar refractivity (Wildman–Crippen MR) is 118 cm³/mol. The lowest BCUT2D eigenvalue weighted by atomic mass is 10.2. The number of benzene rings is 2. The summed E-state index contributed by atoms with van der Waals surface area (Å²) in [6.07, 6.45) is 2.67.